The molecule has 0 aliphatic heterocycles. The molecule has 68 valence electrons. The van der Waals surface area contributed by atoms with E-state index in [1.165, 1.54) is 12.8 Å². The molecule has 0 bridgehead atoms. The third-order valence-electron chi connectivity index (χ3n) is 1.59. The number of aliphatic hydroxyl groups excluding tert-OH is 1. The van der Waals surface area contributed by atoms with Gasteiger partial charge in [-0.3, -0.25) is 0 Å². The van der Waals surface area contributed by atoms with Gasteiger partial charge in [-0.15, -0.1) is 0 Å². The monoisotopic (exact) mass is 160 g/mol. The molecule has 0 fully saturated rings. The summed E-state index contributed by atoms with van der Waals surface area (Å²) < 4.78 is 5.14. The van der Waals surface area contributed by atoms with Crippen molar-refractivity contribution >= 4 is 0 Å². The highest BCUT2D eigenvalue weighted by atomic mass is 16.6. The third kappa shape index (κ3) is 7.82. The summed E-state index contributed by atoms with van der Waals surface area (Å²) in [5, 5.41) is 9.13. The van der Waals surface area contributed by atoms with Gasteiger partial charge in [-0.25, -0.2) is 0 Å². The predicted molar refractivity (Wildman–Crippen MR) is 46.4 cm³/mol. The highest BCUT2D eigenvalue weighted by molar-refractivity contribution is 4.41. The van der Waals surface area contributed by atoms with Gasteiger partial charge in [-0.05, 0) is 12.8 Å². The second-order valence-corrected chi connectivity index (χ2v) is 2.82. The van der Waals surface area contributed by atoms with Crippen LogP contribution < -0.4 is 0 Å². The van der Waals surface area contributed by atoms with E-state index in [0.29, 0.717) is 6.61 Å². The molecule has 0 rings (SSSR count). The Kier molecular flexibility index (Phi) is 7.96. The zero-order chi connectivity index (χ0) is 8.53. The van der Waals surface area contributed by atoms with E-state index < -0.39 is 6.29 Å². The maximum absolute atomic E-state index is 9.13. The highest BCUT2D eigenvalue weighted by Gasteiger charge is 2.00. The van der Waals surface area contributed by atoms with Crippen molar-refractivity contribution in [1.82, 2.24) is 0 Å². The average Bonchev–Trinajstić information content (AvgIpc) is 1.99. The summed E-state index contributed by atoms with van der Waals surface area (Å²) in [7, 11) is 0. The zero-order valence-electron chi connectivity index (χ0n) is 7.68. The van der Waals surface area contributed by atoms with E-state index >= 15 is 0 Å². The van der Waals surface area contributed by atoms with Crippen LogP contribution in [0.5, 0.6) is 0 Å². The molecule has 0 heterocycles. The van der Waals surface area contributed by atoms with E-state index in [2.05, 4.69) is 6.92 Å². The molecule has 11 heavy (non-hydrogen) atoms. The molecule has 0 aromatic rings. The summed E-state index contributed by atoms with van der Waals surface area (Å²) in [6.45, 7) is 4.90. The van der Waals surface area contributed by atoms with Gasteiger partial charge in [-0.2, -0.15) is 0 Å². The first-order valence-electron chi connectivity index (χ1n) is 4.61. The van der Waals surface area contributed by atoms with Crippen molar-refractivity contribution < 1.29 is 9.84 Å². The molecule has 0 saturated carbocycles. The van der Waals surface area contributed by atoms with Gasteiger partial charge >= 0.3 is 0 Å². The average molecular weight is 160 g/mol. The number of ether oxygens (including phenoxy) is 1. The molecule has 1 atom stereocenters. The van der Waals surface area contributed by atoms with Crippen molar-refractivity contribution in [3.05, 3.63) is 0 Å². The van der Waals surface area contributed by atoms with Crippen molar-refractivity contribution in [2.45, 2.75) is 52.2 Å². The molecule has 2 heteroatoms. The van der Waals surface area contributed by atoms with Gasteiger partial charge < -0.3 is 9.84 Å². The SMILES string of the molecule is CCCCCOC(O)CCC. The van der Waals surface area contributed by atoms with Crippen molar-refractivity contribution in [1.29, 1.82) is 0 Å². The Morgan fingerprint density at radius 2 is 1.91 bits per heavy atom. The van der Waals surface area contributed by atoms with Crippen molar-refractivity contribution in [3.63, 3.8) is 0 Å². The van der Waals surface area contributed by atoms with Crippen LogP contribution in [-0.4, -0.2) is 18.0 Å². The smallest absolute Gasteiger partial charge is 0.154 e. The lowest BCUT2D eigenvalue weighted by Gasteiger charge is -2.09. The molecule has 0 aromatic heterocycles. The number of rotatable bonds is 7. The van der Waals surface area contributed by atoms with Gasteiger partial charge in [0, 0.05) is 6.61 Å². The van der Waals surface area contributed by atoms with E-state index in [-0.39, 0.29) is 0 Å². The van der Waals surface area contributed by atoms with Crippen LogP contribution in [0.3, 0.4) is 0 Å². The molecule has 1 unspecified atom stereocenters. The molecule has 2 nitrogen and oxygen atoms in total. The zero-order valence-corrected chi connectivity index (χ0v) is 7.68. The lowest BCUT2D eigenvalue weighted by molar-refractivity contribution is -0.104. The molecular formula is C9H20O2. The number of unbranched alkanes of at least 4 members (excludes halogenated alkanes) is 2. The predicted octanol–water partition coefficient (Wildman–Crippen LogP) is 2.31. The van der Waals surface area contributed by atoms with E-state index in [1.807, 2.05) is 6.92 Å². The molecule has 0 aliphatic carbocycles. The quantitative estimate of drug-likeness (QED) is 0.457. The fourth-order valence-electron chi connectivity index (χ4n) is 0.902. The second kappa shape index (κ2) is 8.02. The van der Waals surface area contributed by atoms with Gasteiger partial charge in [0.05, 0.1) is 0 Å². The normalized spacial score (nSPS) is 13.4. The molecule has 0 saturated heterocycles. The van der Waals surface area contributed by atoms with Crippen LogP contribution in [0.15, 0.2) is 0 Å². The van der Waals surface area contributed by atoms with Gasteiger partial charge in [0.2, 0.25) is 0 Å². The fourth-order valence-corrected chi connectivity index (χ4v) is 0.902. The summed E-state index contributed by atoms with van der Waals surface area (Å²) in [6, 6.07) is 0. The fraction of sp³-hybridized carbons (Fsp3) is 1.00. The highest BCUT2D eigenvalue weighted by Crippen LogP contribution is 2.00. The molecule has 0 spiro atoms. The maximum Gasteiger partial charge on any atom is 0.154 e. The topological polar surface area (TPSA) is 29.5 Å². The Labute approximate surface area is 69.6 Å². The molecule has 1 N–H and O–H groups in total. The van der Waals surface area contributed by atoms with Gasteiger partial charge in [-0.1, -0.05) is 33.1 Å². The Morgan fingerprint density at radius 3 is 2.45 bits per heavy atom. The van der Waals surface area contributed by atoms with E-state index in [1.54, 1.807) is 0 Å². The number of hydrogen-bond donors (Lipinski definition) is 1. The van der Waals surface area contributed by atoms with Crippen LogP contribution in [0.2, 0.25) is 0 Å². The first-order chi connectivity index (χ1) is 5.31. The first kappa shape index (κ1) is 10.9. The van der Waals surface area contributed by atoms with Gasteiger partial charge in [0.15, 0.2) is 6.29 Å². The molecule has 0 radical (unpaired) electrons. The van der Waals surface area contributed by atoms with Crippen LogP contribution in [-0.2, 0) is 4.74 Å². The maximum atomic E-state index is 9.13. The number of aliphatic hydroxyl groups is 1. The van der Waals surface area contributed by atoms with Crippen molar-refractivity contribution in [2.24, 2.45) is 0 Å². The molecular weight excluding hydrogens is 140 g/mol. The van der Waals surface area contributed by atoms with E-state index in [9.17, 15) is 0 Å². The summed E-state index contributed by atoms with van der Waals surface area (Å²) in [5.41, 5.74) is 0. The van der Waals surface area contributed by atoms with Crippen LogP contribution in [0.1, 0.15) is 46.0 Å². The molecule has 0 aromatic carbocycles. The third-order valence-corrected chi connectivity index (χ3v) is 1.59. The van der Waals surface area contributed by atoms with Gasteiger partial charge in [0.25, 0.3) is 0 Å². The second-order valence-electron chi connectivity index (χ2n) is 2.82. The molecule has 0 amide bonds. The number of hydrogen-bond acceptors (Lipinski definition) is 2. The van der Waals surface area contributed by atoms with Crippen molar-refractivity contribution in [2.75, 3.05) is 6.61 Å². The van der Waals surface area contributed by atoms with E-state index in [4.69, 9.17) is 9.84 Å². The van der Waals surface area contributed by atoms with Crippen LogP contribution >= 0.6 is 0 Å². The Balaban J connectivity index is 2.97. The Hall–Kier alpha value is -0.0800. The summed E-state index contributed by atoms with van der Waals surface area (Å²) in [4.78, 5) is 0. The minimum Gasteiger partial charge on any atom is -0.368 e. The lowest BCUT2D eigenvalue weighted by atomic mass is 10.3. The minimum atomic E-state index is -0.531. The van der Waals surface area contributed by atoms with Crippen molar-refractivity contribution in [3.8, 4) is 0 Å². The van der Waals surface area contributed by atoms with Gasteiger partial charge in [0.1, 0.15) is 0 Å². The largest absolute Gasteiger partial charge is 0.368 e. The summed E-state index contributed by atoms with van der Waals surface area (Å²) in [5.74, 6) is 0. The summed E-state index contributed by atoms with van der Waals surface area (Å²) >= 11 is 0. The van der Waals surface area contributed by atoms with E-state index in [0.717, 1.165) is 19.3 Å². The summed E-state index contributed by atoms with van der Waals surface area (Å²) in [6.07, 6.45) is 4.67. The Morgan fingerprint density at radius 1 is 1.18 bits per heavy atom. The standard InChI is InChI=1S/C9H20O2/c1-3-5-6-8-11-9(10)7-4-2/h9-10H,3-8H2,1-2H3. The first-order valence-corrected chi connectivity index (χ1v) is 4.61. The lowest BCUT2D eigenvalue weighted by Crippen LogP contribution is -2.11. The van der Waals surface area contributed by atoms with Crippen LogP contribution in [0.25, 0.3) is 0 Å². The molecule has 0 aliphatic rings. The minimum absolute atomic E-state index is 0.531. The van der Waals surface area contributed by atoms with Crippen LogP contribution in [0.4, 0.5) is 0 Å². The Bertz CT molecular complexity index is 74.0. The van der Waals surface area contributed by atoms with Crippen LogP contribution in [0, 0.1) is 0 Å².